The smallest absolute Gasteiger partial charge is 0.220 e. The quantitative estimate of drug-likeness (QED) is 0.0264. The second kappa shape index (κ2) is 39.8. The van der Waals surface area contributed by atoms with Gasteiger partial charge in [-0.25, -0.2) is 0 Å². The number of rotatable bonds is 41. The van der Waals surface area contributed by atoms with Crippen molar-refractivity contribution in [3.63, 3.8) is 0 Å². The normalized spacial score (nSPS) is 21.0. The van der Waals surface area contributed by atoms with Crippen LogP contribution >= 0.6 is 0 Å². The van der Waals surface area contributed by atoms with Crippen molar-refractivity contribution < 1.29 is 39.8 Å². The van der Waals surface area contributed by atoms with Crippen LogP contribution in [0.1, 0.15) is 226 Å². The largest absolute Gasteiger partial charge is 0.394 e. The summed E-state index contributed by atoms with van der Waals surface area (Å²) in [5.74, 6) is -0.178. The Morgan fingerprint density at radius 3 is 1.40 bits per heavy atom. The number of aliphatic hydroxyl groups excluding tert-OH is 5. The van der Waals surface area contributed by atoms with Crippen LogP contribution < -0.4 is 5.32 Å². The molecule has 1 aliphatic rings. The van der Waals surface area contributed by atoms with Gasteiger partial charge in [-0.1, -0.05) is 199 Å². The van der Waals surface area contributed by atoms with Gasteiger partial charge in [0, 0.05) is 6.42 Å². The van der Waals surface area contributed by atoms with Gasteiger partial charge in [-0.2, -0.15) is 0 Å². The molecular weight excluding hydrogens is 731 g/mol. The predicted octanol–water partition coefficient (Wildman–Crippen LogP) is 10.7. The predicted molar refractivity (Wildman–Crippen MR) is 240 cm³/mol. The molecule has 9 heteroatoms. The van der Waals surface area contributed by atoms with Crippen molar-refractivity contribution in [2.75, 3.05) is 13.2 Å². The van der Waals surface area contributed by atoms with Gasteiger partial charge < -0.3 is 40.3 Å². The number of hydrogen-bond donors (Lipinski definition) is 6. The molecule has 0 aliphatic carbocycles. The molecule has 9 nitrogen and oxygen atoms in total. The molecule has 0 saturated carbocycles. The highest BCUT2D eigenvalue weighted by atomic mass is 16.7. The molecule has 1 heterocycles. The van der Waals surface area contributed by atoms with Gasteiger partial charge in [-0.05, 0) is 44.9 Å². The SMILES string of the molecule is CCCCCCCC/C=C\CCCCCCCCCCCC(=O)NC(COC1OC(CO)C(O)C(O)C1O)C(O)/C=C/CCCCCCCCCCCCCCCC. The summed E-state index contributed by atoms with van der Waals surface area (Å²) >= 11 is 0. The van der Waals surface area contributed by atoms with Crippen molar-refractivity contribution in [1.29, 1.82) is 0 Å². The molecule has 0 aromatic heterocycles. The third-order valence-electron chi connectivity index (χ3n) is 11.8. The lowest BCUT2D eigenvalue weighted by Gasteiger charge is -2.40. The molecule has 0 bridgehead atoms. The second-order valence-electron chi connectivity index (χ2n) is 17.3. The first-order chi connectivity index (χ1) is 28.3. The standard InChI is InChI=1S/C49H93NO8/c1-3-5-7-9-11-13-15-17-19-21-22-23-25-27-29-31-33-35-37-39-45(53)50-42(41-57-49-48(56)47(55)46(54)44(40-51)58-49)43(52)38-36-34-32-30-28-26-24-20-18-16-14-12-10-8-6-4-2/h17,19,36,38,42-44,46-49,51-52,54-56H,3-16,18,20-35,37,39-41H2,1-2H3,(H,50,53)/b19-17-,38-36+. The molecule has 0 aromatic rings. The van der Waals surface area contributed by atoms with Crippen LogP contribution in [0, 0.1) is 0 Å². The number of carbonyl (C=O) groups is 1. The second-order valence-corrected chi connectivity index (χ2v) is 17.3. The molecule has 7 atom stereocenters. The van der Waals surface area contributed by atoms with Gasteiger partial charge in [-0.3, -0.25) is 4.79 Å². The molecule has 0 aromatic carbocycles. The number of hydrogen-bond acceptors (Lipinski definition) is 8. The summed E-state index contributed by atoms with van der Waals surface area (Å²) in [6.07, 6.45) is 40.7. The molecule has 58 heavy (non-hydrogen) atoms. The van der Waals surface area contributed by atoms with Crippen LogP contribution in [0.15, 0.2) is 24.3 Å². The first kappa shape index (κ1) is 54.7. The Hall–Kier alpha value is -1.33. The minimum atomic E-state index is -1.56. The third-order valence-corrected chi connectivity index (χ3v) is 11.8. The molecule has 1 fully saturated rings. The number of amides is 1. The summed E-state index contributed by atoms with van der Waals surface area (Å²) in [4.78, 5) is 13.0. The third kappa shape index (κ3) is 29.8. The van der Waals surface area contributed by atoms with Crippen molar-refractivity contribution in [3.05, 3.63) is 24.3 Å². The number of allylic oxidation sites excluding steroid dienone is 3. The van der Waals surface area contributed by atoms with Gasteiger partial charge in [0.15, 0.2) is 6.29 Å². The van der Waals surface area contributed by atoms with E-state index in [0.717, 1.165) is 38.5 Å². The first-order valence-corrected chi connectivity index (χ1v) is 24.6. The summed E-state index contributed by atoms with van der Waals surface area (Å²) in [6, 6.07) is -0.803. The topological polar surface area (TPSA) is 149 Å². The number of aliphatic hydroxyl groups is 5. The Labute approximate surface area is 356 Å². The fraction of sp³-hybridized carbons (Fsp3) is 0.898. The molecule has 1 saturated heterocycles. The van der Waals surface area contributed by atoms with E-state index in [2.05, 4.69) is 31.3 Å². The van der Waals surface area contributed by atoms with Gasteiger partial charge in [0.1, 0.15) is 24.4 Å². The van der Waals surface area contributed by atoms with E-state index in [-0.39, 0.29) is 12.5 Å². The van der Waals surface area contributed by atoms with Crippen molar-refractivity contribution in [2.45, 2.75) is 269 Å². The fourth-order valence-corrected chi connectivity index (χ4v) is 7.80. The Morgan fingerprint density at radius 1 is 0.569 bits per heavy atom. The number of nitrogens with one attached hydrogen (secondary N) is 1. The molecule has 0 radical (unpaired) electrons. The van der Waals surface area contributed by atoms with Gasteiger partial charge in [-0.15, -0.1) is 0 Å². The van der Waals surface area contributed by atoms with Crippen LogP contribution in [-0.2, 0) is 14.3 Å². The first-order valence-electron chi connectivity index (χ1n) is 24.6. The highest BCUT2D eigenvalue weighted by Gasteiger charge is 2.44. The maximum atomic E-state index is 13.0. The average Bonchev–Trinajstić information content (AvgIpc) is 3.22. The monoisotopic (exact) mass is 824 g/mol. The summed E-state index contributed by atoms with van der Waals surface area (Å²) in [6.45, 7) is 3.78. The van der Waals surface area contributed by atoms with Gasteiger partial charge in [0.25, 0.3) is 0 Å². The lowest BCUT2D eigenvalue weighted by atomic mass is 9.99. The molecular formula is C49H93NO8. The zero-order valence-corrected chi connectivity index (χ0v) is 37.6. The van der Waals surface area contributed by atoms with E-state index in [1.165, 1.54) is 167 Å². The van der Waals surface area contributed by atoms with Crippen LogP contribution in [0.5, 0.6) is 0 Å². The minimum absolute atomic E-state index is 0.178. The van der Waals surface area contributed by atoms with Gasteiger partial charge in [0.05, 0.1) is 25.4 Å². The Bertz CT molecular complexity index is 961. The fourth-order valence-electron chi connectivity index (χ4n) is 7.80. The number of ether oxygens (including phenoxy) is 2. The Morgan fingerprint density at radius 2 is 0.966 bits per heavy atom. The maximum absolute atomic E-state index is 13.0. The van der Waals surface area contributed by atoms with E-state index in [1.807, 2.05) is 6.08 Å². The van der Waals surface area contributed by atoms with E-state index in [4.69, 9.17) is 9.47 Å². The lowest BCUT2D eigenvalue weighted by Crippen LogP contribution is -2.60. The summed E-state index contributed by atoms with van der Waals surface area (Å²) < 4.78 is 11.2. The lowest BCUT2D eigenvalue weighted by molar-refractivity contribution is -0.302. The van der Waals surface area contributed by atoms with Crippen molar-refractivity contribution in [1.82, 2.24) is 5.32 Å². The van der Waals surface area contributed by atoms with Crippen LogP contribution in [-0.4, -0.2) is 87.5 Å². The summed E-state index contributed by atoms with van der Waals surface area (Å²) in [5, 5.41) is 54.3. The average molecular weight is 824 g/mol. The van der Waals surface area contributed by atoms with E-state index < -0.39 is 49.5 Å². The molecule has 7 unspecified atom stereocenters. The maximum Gasteiger partial charge on any atom is 0.220 e. The minimum Gasteiger partial charge on any atom is -0.394 e. The summed E-state index contributed by atoms with van der Waals surface area (Å²) in [5.41, 5.74) is 0. The number of unbranched alkanes of at least 4 members (excludes halogenated alkanes) is 29. The van der Waals surface area contributed by atoms with Crippen LogP contribution in [0.3, 0.4) is 0 Å². The van der Waals surface area contributed by atoms with E-state index >= 15 is 0 Å². The van der Waals surface area contributed by atoms with Crippen LogP contribution in [0.25, 0.3) is 0 Å². The van der Waals surface area contributed by atoms with E-state index in [9.17, 15) is 30.3 Å². The van der Waals surface area contributed by atoms with Crippen molar-refractivity contribution >= 4 is 5.91 Å². The van der Waals surface area contributed by atoms with Crippen molar-refractivity contribution in [2.24, 2.45) is 0 Å². The zero-order chi connectivity index (χ0) is 42.3. The Balaban J connectivity index is 2.32. The molecule has 0 spiro atoms. The van der Waals surface area contributed by atoms with Gasteiger partial charge >= 0.3 is 0 Å². The molecule has 1 rings (SSSR count). The van der Waals surface area contributed by atoms with Crippen LogP contribution in [0.2, 0.25) is 0 Å². The van der Waals surface area contributed by atoms with Crippen LogP contribution in [0.4, 0.5) is 0 Å². The Kier molecular flexibility index (Phi) is 37.5. The highest BCUT2D eigenvalue weighted by Crippen LogP contribution is 2.23. The van der Waals surface area contributed by atoms with E-state index in [0.29, 0.717) is 6.42 Å². The molecule has 342 valence electrons. The zero-order valence-electron chi connectivity index (χ0n) is 37.6. The van der Waals surface area contributed by atoms with Gasteiger partial charge in [0.2, 0.25) is 5.91 Å². The molecule has 6 N–H and O–H groups in total. The van der Waals surface area contributed by atoms with E-state index in [1.54, 1.807) is 6.08 Å². The van der Waals surface area contributed by atoms with Crippen molar-refractivity contribution in [3.8, 4) is 0 Å². The number of carbonyl (C=O) groups excluding carboxylic acids is 1. The highest BCUT2D eigenvalue weighted by molar-refractivity contribution is 5.76. The molecule has 1 aliphatic heterocycles. The molecule has 1 amide bonds. The summed E-state index contributed by atoms with van der Waals surface area (Å²) in [7, 11) is 0.